The number of rotatable bonds is 3. The van der Waals surface area contributed by atoms with E-state index in [9.17, 15) is 4.79 Å². The molecule has 27 heavy (non-hydrogen) atoms. The van der Waals surface area contributed by atoms with Crippen molar-refractivity contribution in [1.29, 1.82) is 0 Å². The summed E-state index contributed by atoms with van der Waals surface area (Å²) >= 11 is 1.66. The van der Waals surface area contributed by atoms with Crippen molar-refractivity contribution in [3.05, 3.63) is 23.0 Å². The van der Waals surface area contributed by atoms with E-state index in [4.69, 9.17) is 0 Å². The van der Waals surface area contributed by atoms with E-state index >= 15 is 0 Å². The van der Waals surface area contributed by atoms with Crippen molar-refractivity contribution in [3.63, 3.8) is 0 Å². The van der Waals surface area contributed by atoms with Crippen LogP contribution in [-0.4, -0.2) is 70.1 Å². The Morgan fingerprint density at radius 3 is 2.52 bits per heavy atom. The molecule has 1 N–H and O–H groups in total. The molecule has 0 radical (unpaired) electrons. The third-order valence-electron chi connectivity index (χ3n) is 4.86. The van der Waals surface area contributed by atoms with Gasteiger partial charge in [-0.05, 0) is 32.9 Å². The Hall–Kier alpha value is -1.42. The maximum atomic E-state index is 12.7. The van der Waals surface area contributed by atoms with Gasteiger partial charge in [0, 0.05) is 31.6 Å². The van der Waals surface area contributed by atoms with Crippen molar-refractivity contribution >= 4 is 47.2 Å². The number of hydrogen-bond donors (Lipinski definition) is 1. The summed E-state index contributed by atoms with van der Waals surface area (Å²) in [5.74, 6) is -0.0184. The zero-order valence-corrected chi connectivity index (χ0v) is 17.7. The minimum atomic E-state index is -0.0184. The van der Waals surface area contributed by atoms with E-state index in [1.54, 1.807) is 11.3 Å². The summed E-state index contributed by atoms with van der Waals surface area (Å²) in [6.07, 6.45) is 3.88. The lowest BCUT2D eigenvalue weighted by Crippen LogP contribution is -2.48. The number of aromatic nitrogens is 4. The Morgan fingerprint density at radius 1 is 1.19 bits per heavy atom. The number of thiazole rings is 1. The van der Waals surface area contributed by atoms with E-state index in [0.717, 1.165) is 49.8 Å². The lowest BCUT2D eigenvalue weighted by molar-refractivity contribution is 0.0740. The van der Waals surface area contributed by atoms with Gasteiger partial charge >= 0.3 is 0 Å². The highest BCUT2D eigenvalue weighted by Gasteiger charge is 2.26. The van der Waals surface area contributed by atoms with Gasteiger partial charge in [-0.15, -0.1) is 41.2 Å². The van der Waals surface area contributed by atoms with Gasteiger partial charge in [-0.3, -0.25) is 4.79 Å². The first kappa shape index (κ1) is 21.9. The van der Waals surface area contributed by atoms with Crippen LogP contribution in [0.5, 0.6) is 0 Å². The van der Waals surface area contributed by atoms with Crippen LogP contribution in [0.3, 0.4) is 0 Å². The molecule has 2 aliphatic heterocycles. The second kappa shape index (κ2) is 9.68. The summed E-state index contributed by atoms with van der Waals surface area (Å²) in [6, 6.07) is 0.347. The standard InChI is InChI=1S/C16H23N7OS.2ClH/c1-12-11-25-16(18-12)22-8-6-21(7-9-22)15(24)14-10-23(20-19-14)13-2-4-17-5-3-13;;/h10-11,13,17H,2-9H2,1H3;2*1H. The summed E-state index contributed by atoms with van der Waals surface area (Å²) in [6.45, 7) is 6.99. The molecule has 2 aromatic heterocycles. The number of amides is 1. The summed E-state index contributed by atoms with van der Waals surface area (Å²) in [5.41, 5.74) is 1.50. The normalized spacial score (nSPS) is 18.0. The summed E-state index contributed by atoms with van der Waals surface area (Å²) < 4.78 is 1.86. The van der Waals surface area contributed by atoms with Crippen LogP contribution >= 0.6 is 36.2 Å². The molecule has 150 valence electrons. The predicted octanol–water partition coefficient (Wildman–Crippen LogP) is 1.77. The number of aryl methyl sites for hydroxylation is 1. The van der Waals surface area contributed by atoms with Crippen LogP contribution < -0.4 is 10.2 Å². The van der Waals surface area contributed by atoms with Crippen molar-refractivity contribution < 1.29 is 4.79 Å². The maximum absolute atomic E-state index is 12.7. The number of halogens is 2. The van der Waals surface area contributed by atoms with E-state index in [1.165, 1.54) is 0 Å². The van der Waals surface area contributed by atoms with Crippen LogP contribution in [0.15, 0.2) is 11.6 Å². The SMILES string of the molecule is Cc1csc(N2CCN(C(=O)c3cn(C4CCNCC4)nn3)CC2)n1.Cl.Cl. The first-order valence-corrected chi connectivity index (χ1v) is 9.67. The van der Waals surface area contributed by atoms with Gasteiger partial charge in [0.1, 0.15) is 0 Å². The first-order valence-electron chi connectivity index (χ1n) is 8.79. The van der Waals surface area contributed by atoms with Crippen LogP contribution in [0.2, 0.25) is 0 Å². The fourth-order valence-corrected chi connectivity index (χ4v) is 4.23. The van der Waals surface area contributed by atoms with Gasteiger partial charge in [-0.1, -0.05) is 5.21 Å². The minimum Gasteiger partial charge on any atom is -0.345 e. The van der Waals surface area contributed by atoms with Gasteiger partial charge in [-0.2, -0.15) is 0 Å². The van der Waals surface area contributed by atoms with Crippen molar-refractivity contribution in [2.45, 2.75) is 25.8 Å². The lowest BCUT2D eigenvalue weighted by atomic mass is 10.1. The van der Waals surface area contributed by atoms with Gasteiger partial charge in [0.2, 0.25) is 0 Å². The van der Waals surface area contributed by atoms with Gasteiger partial charge in [0.25, 0.3) is 5.91 Å². The van der Waals surface area contributed by atoms with E-state index < -0.39 is 0 Å². The molecule has 2 aromatic rings. The Balaban J connectivity index is 0.00000131. The van der Waals surface area contributed by atoms with Crippen LogP contribution in [0.25, 0.3) is 0 Å². The maximum Gasteiger partial charge on any atom is 0.276 e. The quantitative estimate of drug-likeness (QED) is 0.794. The molecule has 0 saturated carbocycles. The molecule has 0 aromatic carbocycles. The number of hydrogen-bond acceptors (Lipinski definition) is 7. The Kier molecular flexibility index (Phi) is 7.84. The molecule has 2 aliphatic rings. The average Bonchev–Trinajstić information content (AvgIpc) is 3.31. The van der Waals surface area contributed by atoms with Crippen LogP contribution in [0.1, 0.15) is 35.1 Å². The van der Waals surface area contributed by atoms with Crippen LogP contribution in [0.4, 0.5) is 5.13 Å². The fourth-order valence-electron chi connectivity index (χ4n) is 3.37. The molecule has 11 heteroatoms. The molecule has 2 saturated heterocycles. The second-order valence-electron chi connectivity index (χ2n) is 6.62. The lowest BCUT2D eigenvalue weighted by Gasteiger charge is -2.34. The summed E-state index contributed by atoms with van der Waals surface area (Å²) in [7, 11) is 0. The molecular formula is C16H25Cl2N7OS. The topological polar surface area (TPSA) is 79.2 Å². The molecule has 0 spiro atoms. The predicted molar refractivity (Wildman–Crippen MR) is 111 cm³/mol. The smallest absolute Gasteiger partial charge is 0.276 e. The number of piperazine rings is 1. The summed E-state index contributed by atoms with van der Waals surface area (Å²) in [5, 5.41) is 14.8. The highest BCUT2D eigenvalue weighted by atomic mass is 35.5. The fraction of sp³-hybridized carbons (Fsp3) is 0.625. The molecule has 4 heterocycles. The number of anilines is 1. The van der Waals surface area contributed by atoms with Crippen LogP contribution in [-0.2, 0) is 0 Å². The van der Waals surface area contributed by atoms with Crippen molar-refractivity contribution in [3.8, 4) is 0 Å². The van der Waals surface area contributed by atoms with Crippen molar-refractivity contribution in [2.24, 2.45) is 0 Å². The molecule has 1 amide bonds. The Labute approximate surface area is 175 Å². The highest BCUT2D eigenvalue weighted by Crippen LogP contribution is 2.22. The second-order valence-corrected chi connectivity index (χ2v) is 7.45. The zero-order valence-electron chi connectivity index (χ0n) is 15.2. The Morgan fingerprint density at radius 2 is 1.89 bits per heavy atom. The van der Waals surface area contributed by atoms with Gasteiger partial charge < -0.3 is 15.1 Å². The van der Waals surface area contributed by atoms with E-state index in [0.29, 0.717) is 24.8 Å². The number of carbonyl (C=O) groups excluding carboxylic acids is 1. The highest BCUT2D eigenvalue weighted by molar-refractivity contribution is 7.13. The molecule has 2 fully saturated rings. The first-order chi connectivity index (χ1) is 12.2. The molecule has 0 atom stereocenters. The largest absolute Gasteiger partial charge is 0.345 e. The molecule has 4 rings (SSSR count). The molecular weight excluding hydrogens is 409 g/mol. The Bertz CT molecular complexity index is 739. The third-order valence-corrected chi connectivity index (χ3v) is 5.88. The minimum absolute atomic E-state index is 0. The molecule has 8 nitrogen and oxygen atoms in total. The van der Waals surface area contributed by atoms with E-state index in [2.05, 4.69) is 30.9 Å². The number of nitrogens with zero attached hydrogens (tertiary/aromatic N) is 6. The van der Waals surface area contributed by atoms with Crippen LogP contribution in [0, 0.1) is 6.92 Å². The van der Waals surface area contributed by atoms with Crippen molar-refractivity contribution in [1.82, 2.24) is 30.2 Å². The monoisotopic (exact) mass is 433 g/mol. The number of carbonyl (C=O) groups is 1. The van der Waals surface area contributed by atoms with Crippen molar-refractivity contribution in [2.75, 3.05) is 44.2 Å². The van der Waals surface area contributed by atoms with Gasteiger partial charge in [-0.25, -0.2) is 9.67 Å². The van der Waals surface area contributed by atoms with E-state index in [1.807, 2.05) is 22.7 Å². The van der Waals surface area contributed by atoms with Gasteiger partial charge in [0.15, 0.2) is 10.8 Å². The average molecular weight is 434 g/mol. The molecule has 0 aliphatic carbocycles. The zero-order chi connectivity index (χ0) is 17.2. The molecule has 0 unspecified atom stereocenters. The summed E-state index contributed by atoms with van der Waals surface area (Å²) in [4.78, 5) is 21.3. The number of piperidine rings is 1. The number of nitrogens with one attached hydrogen (secondary N) is 1. The van der Waals surface area contributed by atoms with E-state index in [-0.39, 0.29) is 30.7 Å². The molecule has 0 bridgehead atoms. The van der Waals surface area contributed by atoms with Gasteiger partial charge in [0.05, 0.1) is 17.9 Å². The third kappa shape index (κ3) is 4.90.